The Labute approximate surface area is 87.7 Å². The van der Waals surface area contributed by atoms with Crippen LogP contribution in [0.1, 0.15) is 31.9 Å². The zero-order chi connectivity index (χ0) is 12.1. The Morgan fingerprint density at radius 3 is 2.20 bits per heavy atom. The first-order valence-electron chi connectivity index (χ1n) is 4.60. The normalized spacial score (nSPS) is 10.3. The van der Waals surface area contributed by atoms with Crippen molar-refractivity contribution in [3.63, 3.8) is 0 Å². The fraction of sp³-hybridized carbons (Fsp3) is 0.364. The Morgan fingerprint density at radius 2 is 1.87 bits per heavy atom. The maximum absolute atomic E-state index is 12.3. The molecule has 0 spiro atoms. The summed E-state index contributed by atoms with van der Waals surface area (Å²) in [4.78, 5) is 3.62. The molecule has 15 heavy (non-hydrogen) atoms. The molecule has 4 heteroatoms. The van der Waals surface area contributed by atoms with Gasteiger partial charge in [0.2, 0.25) is 0 Å². The largest absolute Gasteiger partial charge is 0.417 e. The van der Waals surface area contributed by atoms with Gasteiger partial charge in [-0.05, 0) is 18.6 Å². The van der Waals surface area contributed by atoms with Crippen molar-refractivity contribution in [2.75, 3.05) is 0 Å². The van der Waals surface area contributed by atoms with Gasteiger partial charge in [-0.15, -0.1) is 0 Å². The predicted octanol–water partition coefficient (Wildman–Crippen LogP) is 4.16. The Morgan fingerprint density at radius 1 is 1.33 bits per heavy atom. The number of hydrogen-bond acceptors (Lipinski definition) is 1. The van der Waals surface area contributed by atoms with Crippen molar-refractivity contribution in [3.05, 3.63) is 36.2 Å². The number of hydrogen-bond donors (Lipinski definition) is 0. The van der Waals surface area contributed by atoms with Gasteiger partial charge >= 0.3 is 6.18 Å². The summed E-state index contributed by atoms with van der Waals surface area (Å²) < 4.78 is 37.0. The van der Waals surface area contributed by atoms with Gasteiger partial charge in [-0.2, -0.15) is 13.2 Å². The maximum atomic E-state index is 12.3. The standard InChI is InChI=1S/C9H8F3N.C2H6/c1-6(2)7-5-13-4-3-8(7)9(10,11)12;1-2/h3-5H,1H2,2H3;1-2H3. The quantitative estimate of drug-likeness (QED) is 0.688. The van der Waals surface area contributed by atoms with Gasteiger partial charge in [0.05, 0.1) is 5.56 Å². The van der Waals surface area contributed by atoms with E-state index in [2.05, 4.69) is 11.6 Å². The first kappa shape index (κ1) is 13.7. The van der Waals surface area contributed by atoms with Gasteiger partial charge in [0.1, 0.15) is 0 Å². The van der Waals surface area contributed by atoms with Crippen LogP contribution in [0.2, 0.25) is 0 Å². The molecule has 1 aromatic heterocycles. The molecule has 0 aliphatic rings. The van der Waals surface area contributed by atoms with E-state index in [1.165, 1.54) is 13.1 Å². The summed E-state index contributed by atoms with van der Waals surface area (Å²) in [5.74, 6) is 0. The van der Waals surface area contributed by atoms with E-state index in [9.17, 15) is 13.2 Å². The lowest BCUT2D eigenvalue weighted by atomic mass is 10.1. The number of nitrogens with zero attached hydrogens (tertiary/aromatic N) is 1. The summed E-state index contributed by atoms with van der Waals surface area (Å²) in [6.07, 6.45) is -2.04. The third-order valence-corrected chi connectivity index (χ3v) is 1.59. The van der Waals surface area contributed by atoms with Crippen LogP contribution in [0.5, 0.6) is 0 Å². The van der Waals surface area contributed by atoms with E-state index < -0.39 is 11.7 Å². The number of pyridine rings is 1. The molecule has 0 bridgehead atoms. The molecule has 0 unspecified atom stereocenters. The average molecular weight is 217 g/mol. The molecule has 0 saturated heterocycles. The van der Waals surface area contributed by atoms with Crippen molar-refractivity contribution in [1.29, 1.82) is 0 Å². The Kier molecular flexibility index (Phi) is 5.05. The van der Waals surface area contributed by atoms with Gasteiger partial charge in [0, 0.05) is 18.0 Å². The van der Waals surface area contributed by atoms with Crippen LogP contribution in [0, 0.1) is 0 Å². The molecule has 0 aliphatic carbocycles. The molecule has 1 rings (SSSR count). The monoisotopic (exact) mass is 217 g/mol. The molecule has 0 fully saturated rings. The van der Waals surface area contributed by atoms with Crippen LogP contribution in [0.15, 0.2) is 25.0 Å². The highest BCUT2D eigenvalue weighted by molar-refractivity contribution is 5.64. The number of rotatable bonds is 1. The third-order valence-electron chi connectivity index (χ3n) is 1.59. The van der Waals surface area contributed by atoms with Crippen LogP contribution >= 0.6 is 0 Å². The zero-order valence-corrected chi connectivity index (χ0v) is 9.02. The van der Waals surface area contributed by atoms with Crippen LogP contribution in [0.4, 0.5) is 13.2 Å². The molecule has 0 atom stereocenters. The lowest BCUT2D eigenvalue weighted by Gasteiger charge is -2.11. The molecular formula is C11H14F3N. The van der Waals surface area contributed by atoms with E-state index in [-0.39, 0.29) is 5.56 Å². The van der Waals surface area contributed by atoms with E-state index in [4.69, 9.17) is 0 Å². The summed E-state index contributed by atoms with van der Waals surface area (Å²) in [7, 11) is 0. The molecule has 0 radical (unpaired) electrons. The minimum Gasteiger partial charge on any atom is -0.264 e. The number of aromatic nitrogens is 1. The Balaban J connectivity index is 0.000000921. The van der Waals surface area contributed by atoms with Crippen molar-refractivity contribution >= 4 is 5.57 Å². The summed E-state index contributed by atoms with van der Waals surface area (Å²) in [6, 6.07) is 0.948. The van der Waals surface area contributed by atoms with Gasteiger partial charge in [-0.25, -0.2) is 0 Å². The van der Waals surface area contributed by atoms with Crippen molar-refractivity contribution in [3.8, 4) is 0 Å². The van der Waals surface area contributed by atoms with Gasteiger partial charge in [-0.3, -0.25) is 4.98 Å². The summed E-state index contributed by atoms with van der Waals surface area (Å²) >= 11 is 0. The molecule has 0 amide bonds. The van der Waals surface area contributed by atoms with Gasteiger partial charge in [0.15, 0.2) is 0 Å². The highest BCUT2D eigenvalue weighted by Crippen LogP contribution is 2.33. The molecule has 1 heterocycles. The molecule has 1 nitrogen and oxygen atoms in total. The number of alkyl halides is 3. The fourth-order valence-electron chi connectivity index (χ4n) is 0.982. The molecule has 0 aromatic carbocycles. The molecule has 1 aromatic rings. The number of halogens is 3. The maximum Gasteiger partial charge on any atom is 0.417 e. The summed E-state index contributed by atoms with van der Waals surface area (Å²) in [5, 5.41) is 0. The van der Waals surface area contributed by atoms with Gasteiger partial charge in [-0.1, -0.05) is 20.4 Å². The first-order valence-corrected chi connectivity index (χ1v) is 4.60. The van der Waals surface area contributed by atoms with E-state index in [1.807, 2.05) is 13.8 Å². The fourth-order valence-corrected chi connectivity index (χ4v) is 0.982. The SMILES string of the molecule is C=C(C)c1cnccc1C(F)(F)F.CC. The average Bonchev–Trinajstić information content (AvgIpc) is 2.19. The van der Waals surface area contributed by atoms with Crippen LogP contribution in [0.3, 0.4) is 0 Å². The second-order valence-corrected chi connectivity index (χ2v) is 2.70. The lowest BCUT2D eigenvalue weighted by molar-refractivity contribution is -0.137. The van der Waals surface area contributed by atoms with E-state index >= 15 is 0 Å². The molecular weight excluding hydrogens is 203 g/mol. The minimum absolute atomic E-state index is 0.0509. The highest BCUT2D eigenvalue weighted by Gasteiger charge is 2.33. The molecule has 0 N–H and O–H groups in total. The van der Waals surface area contributed by atoms with Crippen molar-refractivity contribution in [1.82, 2.24) is 4.98 Å². The van der Waals surface area contributed by atoms with E-state index in [0.29, 0.717) is 5.57 Å². The van der Waals surface area contributed by atoms with E-state index in [1.54, 1.807) is 0 Å². The van der Waals surface area contributed by atoms with Crippen LogP contribution in [-0.4, -0.2) is 4.98 Å². The van der Waals surface area contributed by atoms with Crippen molar-refractivity contribution < 1.29 is 13.2 Å². The van der Waals surface area contributed by atoms with Gasteiger partial charge in [0.25, 0.3) is 0 Å². The zero-order valence-electron chi connectivity index (χ0n) is 9.02. The second kappa shape index (κ2) is 5.53. The van der Waals surface area contributed by atoms with Crippen LogP contribution < -0.4 is 0 Å². The van der Waals surface area contributed by atoms with Gasteiger partial charge < -0.3 is 0 Å². The predicted molar refractivity (Wildman–Crippen MR) is 55.3 cm³/mol. The smallest absolute Gasteiger partial charge is 0.264 e. The Hall–Kier alpha value is -1.32. The Bertz CT molecular complexity index is 329. The second-order valence-electron chi connectivity index (χ2n) is 2.70. The molecule has 0 aliphatic heterocycles. The van der Waals surface area contributed by atoms with Crippen molar-refractivity contribution in [2.24, 2.45) is 0 Å². The minimum atomic E-state index is -4.34. The van der Waals surface area contributed by atoms with Crippen LogP contribution in [-0.2, 0) is 6.18 Å². The first-order chi connectivity index (χ1) is 6.93. The molecule has 84 valence electrons. The van der Waals surface area contributed by atoms with E-state index in [0.717, 1.165) is 12.3 Å². The topological polar surface area (TPSA) is 12.9 Å². The third kappa shape index (κ3) is 3.73. The van der Waals surface area contributed by atoms with Crippen molar-refractivity contribution in [2.45, 2.75) is 26.9 Å². The summed E-state index contributed by atoms with van der Waals surface area (Å²) in [6.45, 7) is 8.98. The molecule has 0 saturated carbocycles. The number of allylic oxidation sites excluding steroid dienone is 1. The lowest BCUT2D eigenvalue weighted by Crippen LogP contribution is -2.08. The highest BCUT2D eigenvalue weighted by atomic mass is 19.4. The van der Waals surface area contributed by atoms with Crippen LogP contribution in [0.25, 0.3) is 5.57 Å². The summed E-state index contributed by atoms with van der Waals surface area (Å²) in [5.41, 5.74) is -0.273.